The molecule has 0 bridgehead atoms. The lowest BCUT2D eigenvalue weighted by Crippen LogP contribution is -2.26. The second kappa shape index (κ2) is 5.13. The second-order valence-corrected chi connectivity index (χ2v) is 5.02. The van der Waals surface area contributed by atoms with Gasteiger partial charge in [0, 0.05) is 31.5 Å². The van der Waals surface area contributed by atoms with Gasteiger partial charge in [0.05, 0.1) is 17.2 Å². The number of carbonyl (C=O) groups excluding carboxylic acids is 1. The van der Waals surface area contributed by atoms with Crippen LogP contribution >= 0.6 is 11.6 Å². The molecular formula is C15H13ClN2O2. The molecule has 2 aromatic rings. The van der Waals surface area contributed by atoms with Gasteiger partial charge in [0.15, 0.2) is 0 Å². The molecule has 0 unspecified atom stereocenters. The smallest absolute Gasteiger partial charge is 0.259 e. The second-order valence-electron chi connectivity index (χ2n) is 4.61. The van der Waals surface area contributed by atoms with Crippen LogP contribution in [-0.2, 0) is 6.42 Å². The molecule has 3 rings (SSSR count). The van der Waals surface area contributed by atoms with E-state index in [4.69, 9.17) is 16.3 Å². The molecule has 0 radical (unpaired) electrons. The summed E-state index contributed by atoms with van der Waals surface area (Å²) in [7, 11) is 1.73. The molecule has 5 heteroatoms. The Morgan fingerprint density at radius 2 is 2.25 bits per heavy atom. The van der Waals surface area contributed by atoms with Crippen molar-refractivity contribution in [2.75, 3.05) is 18.6 Å². The van der Waals surface area contributed by atoms with E-state index in [1.807, 2.05) is 18.2 Å². The molecule has 1 aromatic carbocycles. The van der Waals surface area contributed by atoms with Crippen LogP contribution in [0.5, 0.6) is 5.75 Å². The van der Waals surface area contributed by atoms with E-state index < -0.39 is 0 Å². The summed E-state index contributed by atoms with van der Waals surface area (Å²) in [6.45, 7) is 0.701. The highest BCUT2D eigenvalue weighted by molar-refractivity contribution is 6.34. The number of carbonyl (C=O) groups is 1. The van der Waals surface area contributed by atoms with Gasteiger partial charge in [-0.1, -0.05) is 11.6 Å². The lowest BCUT2D eigenvalue weighted by molar-refractivity contribution is 0.0993. The number of aromatic nitrogens is 1. The summed E-state index contributed by atoms with van der Waals surface area (Å²) in [6.07, 6.45) is 3.91. The van der Waals surface area contributed by atoms with Crippen molar-refractivity contribution in [3.8, 4) is 5.75 Å². The van der Waals surface area contributed by atoms with Crippen LogP contribution in [0, 0.1) is 0 Å². The highest BCUT2D eigenvalue weighted by Crippen LogP contribution is 2.30. The summed E-state index contributed by atoms with van der Waals surface area (Å²) >= 11 is 6.01. The Hall–Kier alpha value is -2.07. The van der Waals surface area contributed by atoms with Gasteiger partial charge in [0.25, 0.3) is 5.91 Å². The molecule has 2 heterocycles. The van der Waals surface area contributed by atoms with Gasteiger partial charge in [-0.05, 0) is 29.8 Å². The zero-order valence-corrected chi connectivity index (χ0v) is 11.7. The monoisotopic (exact) mass is 288 g/mol. The number of nitrogens with zero attached hydrogens (tertiary/aromatic N) is 2. The highest BCUT2D eigenvalue weighted by atomic mass is 35.5. The molecule has 20 heavy (non-hydrogen) atoms. The molecule has 0 saturated carbocycles. The molecule has 0 atom stereocenters. The lowest BCUT2D eigenvalue weighted by atomic mass is 10.1. The zero-order chi connectivity index (χ0) is 14.1. The number of halogens is 1. The highest BCUT2D eigenvalue weighted by Gasteiger charge is 2.19. The third kappa shape index (κ3) is 2.23. The number of hydrogen-bond acceptors (Lipinski definition) is 3. The van der Waals surface area contributed by atoms with Gasteiger partial charge in [-0.3, -0.25) is 9.78 Å². The van der Waals surface area contributed by atoms with E-state index in [1.165, 1.54) is 6.20 Å². The fourth-order valence-electron chi connectivity index (χ4n) is 2.23. The molecule has 0 spiro atoms. The van der Waals surface area contributed by atoms with Crippen molar-refractivity contribution in [3.05, 3.63) is 52.8 Å². The maximum atomic E-state index is 12.4. The van der Waals surface area contributed by atoms with Crippen molar-refractivity contribution < 1.29 is 9.53 Å². The summed E-state index contributed by atoms with van der Waals surface area (Å²) in [6, 6.07) is 7.37. The van der Waals surface area contributed by atoms with Gasteiger partial charge in [-0.2, -0.15) is 0 Å². The number of rotatable bonds is 2. The maximum Gasteiger partial charge on any atom is 0.259 e. The molecule has 0 saturated heterocycles. The minimum Gasteiger partial charge on any atom is -0.493 e. The number of hydrogen-bond donors (Lipinski definition) is 0. The van der Waals surface area contributed by atoms with Gasteiger partial charge in [-0.15, -0.1) is 0 Å². The standard InChI is InChI=1S/C15H13ClN2O2/c1-18(15(19)12-4-6-17-9-13(12)16)11-2-3-14-10(8-11)5-7-20-14/h2-4,6,8-9H,5,7H2,1H3. The van der Waals surface area contributed by atoms with Crippen molar-refractivity contribution in [3.63, 3.8) is 0 Å². The van der Waals surface area contributed by atoms with Crippen LogP contribution in [0.25, 0.3) is 0 Å². The molecule has 1 amide bonds. The van der Waals surface area contributed by atoms with Gasteiger partial charge < -0.3 is 9.64 Å². The predicted octanol–water partition coefficient (Wildman–Crippen LogP) is 2.95. The normalized spacial score (nSPS) is 12.7. The number of amides is 1. The average molecular weight is 289 g/mol. The number of benzene rings is 1. The van der Waals surface area contributed by atoms with Gasteiger partial charge in [-0.25, -0.2) is 0 Å². The molecule has 0 fully saturated rings. The minimum absolute atomic E-state index is 0.156. The van der Waals surface area contributed by atoms with E-state index in [-0.39, 0.29) is 5.91 Å². The number of pyridine rings is 1. The molecule has 1 aliphatic heterocycles. The third-order valence-corrected chi connectivity index (χ3v) is 3.67. The van der Waals surface area contributed by atoms with E-state index in [2.05, 4.69) is 4.98 Å². The molecule has 4 nitrogen and oxygen atoms in total. The molecule has 1 aromatic heterocycles. The topological polar surface area (TPSA) is 42.4 Å². The Morgan fingerprint density at radius 1 is 1.40 bits per heavy atom. The molecule has 102 valence electrons. The van der Waals surface area contributed by atoms with Crippen LogP contribution in [0.3, 0.4) is 0 Å². The van der Waals surface area contributed by atoms with E-state index >= 15 is 0 Å². The molecule has 1 aliphatic rings. The first-order valence-corrected chi connectivity index (χ1v) is 6.68. The Balaban J connectivity index is 1.91. The van der Waals surface area contributed by atoms with Gasteiger partial charge in [0.2, 0.25) is 0 Å². The van der Waals surface area contributed by atoms with Gasteiger partial charge >= 0.3 is 0 Å². The summed E-state index contributed by atoms with van der Waals surface area (Å²) in [4.78, 5) is 17.9. The van der Waals surface area contributed by atoms with Gasteiger partial charge in [0.1, 0.15) is 5.75 Å². The van der Waals surface area contributed by atoms with Crippen molar-refractivity contribution >= 4 is 23.2 Å². The van der Waals surface area contributed by atoms with Crippen LogP contribution in [0.1, 0.15) is 15.9 Å². The molecule has 0 N–H and O–H groups in total. The summed E-state index contributed by atoms with van der Waals surface area (Å²) < 4.78 is 5.46. The Bertz CT molecular complexity index is 673. The SMILES string of the molecule is CN(C(=O)c1ccncc1Cl)c1ccc2c(c1)CCO2. The van der Waals surface area contributed by atoms with E-state index in [9.17, 15) is 4.79 Å². The van der Waals surface area contributed by atoms with Crippen molar-refractivity contribution in [2.45, 2.75) is 6.42 Å². The average Bonchev–Trinajstić information content (AvgIpc) is 2.93. The summed E-state index contributed by atoms with van der Waals surface area (Å²) in [5, 5.41) is 0.355. The van der Waals surface area contributed by atoms with E-state index in [0.29, 0.717) is 17.2 Å². The Labute approximate surface area is 122 Å². The first-order valence-electron chi connectivity index (χ1n) is 6.30. The first kappa shape index (κ1) is 12.9. The van der Waals surface area contributed by atoms with Crippen molar-refractivity contribution in [1.29, 1.82) is 0 Å². The van der Waals surface area contributed by atoms with Crippen molar-refractivity contribution in [1.82, 2.24) is 4.98 Å². The van der Waals surface area contributed by atoms with Crippen LogP contribution in [0.2, 0.25) is 5.02 Å². The summed E-state index contributed by atoms with van der Waals surface area (Å²) in [5.74, 6) is 0.743. The molecular weight excluding hydrogens is 276 g/mol. The predicted molar refractivity (Wildman–Crippen MR) is 77.6 cm³/mol. The first-order chi connectivity index (χ1) is 9.66. The largest absolute Gasteiger partial charge is 0.493 e. The molecule has 0 aliphatic carbocycles. The van der Waals surface area contributed by atoms with Crippen LogP contribution in [-0.4, -0.2) is 24.5 Å². The van der Waals surface area contributed by atoms with Crippen LogP contribution in [0.4, 0.5) is 5.69 Å². The Kier molecular flexibility index (Phi) is 3.32. The van der Waals surface area contributed by atoms with Crippen molar-refractivity contribution in [2.24, 2.45) is 0 Å². The quantitative estimate of drug-likeness (QED) is 0.853. The summed E-state index contributed by atoms with van der Waals surface area (Å²) in [5.41, 5.74) is 2.40. The maximum absolute atomic E-state index is 12.4. The number of anilines is 1. The van der Waals surface area contributed by atoms with Crippen LogP contribution in [0.15, 0.2) is 36.7 Å². The zero-order valence-electron chi connectivity index (χ0n) is 11.0. The fourth-order valence-corrected chi connectivity index (χ4v) is 2.43. The van der Waals surface area contributed by atoms with Crippen LogP contribution < -0.4 is 9.64 Å². The third-order valence-electron chi connectivity index (χ3n) is 3.37. The fraction of sp³-hybridized carbons (Fsp3) is 0.200. The number of fused-ring (bicyclic) bond motifs is 1. The van der Waals surface area contributed by atoms with E-state index in [1.54, 1.807) is 24.2 Å². The Morgan fingerprint density at radius 3 is 3.05 bits per heavy atom. The minimum atomic E-state index is -0.156. The lowest BCUT2D eigenvalue weighted by Gasteiger charge is -2.18. The number of ether oxygens (including phenoxy) is 1. The van der Waals surface area contributed by atoms with E-state index in [0.717, 1.165) is 23.4 Å².